The minimum Gasteiger partial charge on any atom is -0.373 e. The van der Waals surface area contributed by atoms with E-state index in [4.69, 9.17) is 5.11 Å². The Morgan fingerprint density at radius 2 is 1.28 bits per heavy atom. The molecule has 2 rings (SSSR count). The van der Waals surface area contributed by atoms with Crippen LogP contribution in [0.1, 0.15) is 11.1 Å². The summed E-state index contributed by atoms with van der Waals surface area (Å²) in [5.74, 6) is 0. The molecule has 2 aromatic carbocycles. The Labute approximate surface area is 105 Å². The third-order valence-corrected chi connectivity index (χ3v) is 2.63. The fourth-order valence-corrected chi connectivity index (χ4v) is 1.76. The van der Waals surface area contributed by atoms with E-state index in [0.717, 1.165) is 0 Å². The van der Waals surface area contributed by atoms with Gasteiger partial charge in [0.1, 0.15) is 0 Å². The lowest BCUT2D eigenvalue weighted by Gasteiger charge is -2.23. The molecule has 0 unspecified atom stereocenters. The van der Waals surface area contributed by atoms with Crippen LogP contribution in [0.25, 0.3) is 0 Å². The van der Waals surface area contributed by atoms with Crippen molar-refractivity contribution < 1.29 is 10.2 Å². The van der Waals surface area contributed by atoms with E-state index in [-0.39, 0.29) is 0 Å². The number of benzene rings is 2. The smallest absolute Gasteiger partial charge is 0.228 e. The molecule has 0 saturated carbocycles. The van der Waals surface area contributed by atoms with Crippen LogP contribution in [0.5, 0.6) is 0 Å². The van der Waals surface area contributed by atoms with Crippen molar-refractivity contribution in [3.8, 4) is 0 Å². The number of aliphatic hydroxyl groups excluding tert-OH is 1. The van der Waals surface area contributed by atoms with Gasteiger partial charge in [0.15, 0.2) is 6.73 Å². The molecule has 0 aliphatic rings. The Morgan fingerprint density at radius 1 is 0.833 bits per heavy atom. The molecular weight excluding hydrogens is 228 g/mol. The van der Waals surface area contributed by atoms with Gasteiger partial charge in [0, 0.05) is 11.1 Å². The van der Waals surface area contributed by atoms with Crippen molar-refractivity contribution in [3.05, 3.63) is 71.8 Å². The van der Waals surface area contributed by atoms with Crippen LogP contribution in [-0.2, 0) is 5.72 Å². The highest BCUT2D eigenvalue weighted by Gasteiger charge is 2.31. The van der Waals surface area contributed by atoms with Crippen molar-refractivity contribution in [1.82, 2.24) is 0 Å². The third kappa shape index (κ3) is 2.45. The molecule has 0 amide bonds. The molecule has 0 bridgehead atoms. The van der Waals surface area contributed by atoms with Crippen LogP contribution < -0.4 is 0 Å². The molecule has 0 aliphatic heterocycles. The molecule has 0 aliphatic carbocycles. The standard InChI is InChI=1S/C14H14N2O2/c17-11-15-16-14(18,12-7-3-1-4-8-12)13-9-5-2-6-10-13/h1-10,17-18H,11H2. The maximum absolute atomic E-state index is 10.7. The highest BCUT2D eigenvalue weighted by molar-refractivity contribution is 5.34. The van der Waals surface area contributed by atoms with Crippen molar-refractivity contribution >= 4 is 0 Å². The molecule has 4 heteroatoms. The maximum Gasteiger partial charge on any atom is 0.228 e. The minimum atomic E-state index is -1.56. The maximum atomic E-state index is 10.7. The quantitative estimate of drug-likeness (QED) is 0.808. The molecule has 2 aromatic rings. The number of hydrogen-bond donors (Lipinski definition) is 2. The zero-order valence-corrected chi connectivity index (χ0v) is 9.77. The summed E-state index contributed by atoms with van der Waals surface area (Å²) in [6.45, 7) is -0.456. The largest absolute Gasteiger partial charge is 0.373 e. The van der Waals surface area contributed by atoms with Crippen molar-refractivity contribution in [2.45, 2.75) is 5.72 Å². The average Bonchev–Trinajstić information content (AvgIpc) is 2.46. The van der Waals surface area contributed by atoms with E-state index in [2.05, 4.69) is 10.2 Å². The van der Waals surface area contributed by atoms with Gasteiger partial charge in [-0.3, -0.25) is 0 Å². The van der Waals surface area contributed by atoms with Crippen LogP contribution >= 0.6 is 0 Å². The Bertz CT molecular complexity index is 472. The minimum absolute atomic E-state index is 0.456. The van der Waals surface area contributed by atoms with E-state index in [1.165, 1.54) is 0 Å². The zero-order valence-electron chi connectivity index (χ0n) is 9.77. The predicted molar refractivity (Wildman–Crippen MR) is 67.8 cm³/mol. The Balaban J connectivity index is 2.51. The van der Waals surface area contributed by atoms with E-state index in [9.17, 15) is 5.11 Å². The summed E-state index contributed by atoms with van der Waals surface area (Å²) in [6.07, 6.45) is 0. The molecule has 0 atom stereocenters. The van der Waals surface area contributed by atoms with Crippen molar-refractivity contribution in [2.24, 2.45) is 10.2 Å². The lowest BCUT2D eigenvalue weighted by atomic mass is 9.95. The topological polar surface area (TPSA) is 65.2 Å². The van der Waals surface area contributed by atoms with Gasteiger partial charge in [0.05, 0.1) is 0 Å². The van der Waals surface area contributed by atoms with Crippen LogP contribution in [0.4, 0.5) is 0 Å². The number of nitrogens with zero attached hydrogens (tertiary/aromatic N) is 2. The van der Waals surface area contributed by atoms with Gasteiger partial charge in [-0.15, -0.1) is 5.11 Å². The van der Waals surface area contributed by atoms with Gasteiger partial charge in [-0.05, 0) is 0 Å². The summed E-state index contributed by atoms with van der Waals surface area (Å²) in [6, 6.07) is 18.1. The van der Waals surface area contributed by atoms with Crippen molar-refractivity contribution in [2.75, 3.05) is 6.73 Å². The first-order valence-corrected chi connectivity index (χ1v) is 5.60. The zero-order chi connectivity index (χ0) is 12.8. The molecule has 0 spiro atoms. The fourth-order valence-electron chi connectivity index (χ4n) is 1.76. The SMILES string of the molecule is OCN=NC(O)(c1ccccc1)c1ccccc1. The summed E-state index contributed by atoms with van der Waals surface area (Å²) >= 11 is 0. The average molecular weight is 242 g/mol. The first-order chi connectivity index (χ1) is 8.77. The summed E-state index contributed by atoms with van der Waals surface area (Å²) in [7, 11) is 0. The first-order valence-electron chi connectivity index (χ1n) is 5.60. The molecule has 2 N–H and O–H groups in total. The van der Waals surface area contributed by atoms with E-state index in [1.807, 2.05) is 36.4 Å². The Morgan fingerprint density at radius 3 is 1.67 bits per heavy atom. The van der Waals surface area contributed by atoms with E-state index in [0.29, 0.717) is 11.1 Å². The number of rotatable bonds is 4. The Kier molecular flexibility index (Phi) is 3.82. The summed E-state index contributed by atoms with van der Waals surface area (Å²) in [5, 5.41) is 26.8. The van der Waals surface area contributed by atoms with Crippen LogP contribution in [-0.4, -0.2) is 16.9 Å². The van der Waals surface area contributed by atoms with Crippen LogP contribution in [0.15, 0.2) is 70.9 Å². The first kappa shape index (κ1) is 12.4. The molecule has 4 nitrogen and oxygen atoms in total. The van der Waals surface area contributed by atoms with Gasteiger partial charge >= 0.3 is 0 Å². The van der Waals surface area contributed by atoms with Crippen molar-refractivity contribution in [3.63, 3.8) is 0 Å². The fraction of sp³-hybridized carbons (Fsp3) is 0.143. The van der Waals surface area contributed by atoms with Crippen LogP contribution in [0.3, 0.4) is 0 Å². The summed E-state index contributed by atoms with van der Waals surface area (Å²) in [5.41, 5.74) is -0.354. The van der Waals surface area contributed by atoms with E-state index < -0.39 is 12.5 Å². The van der Waals surface area contributed by atoms with Gasteiger partial charge in [-0.2, -0.15) is 5.11 Å². The molecule has 92 valence electrons. The predicted octanol–water partition coefficient (Wildman–Crippen LogP) is 2.28. The molecular formula is C14H14N2O2. The van der Waals surface area contributed by atoms with E-state index in [1.54, 1.807) is 24.3 Å². The monoisotopic (exact) mass is 242 g/mol. The normalized spacial score (nSPS) is 11.9. The molecule has 0 heterocycles. The number of azo groups is 1. The molecule has 0 saturated heterocycles. The highest BCUT2D eigenvalue weighted by Crippen LogP contribution is 2.31. The second-order valence-corrected chi connectivity index (χ2v) is 3.79. The lowest BCUT2D eigenvalue weighted by Crippen LogP contribution is -2.24. The van der Waals surface area contributed by atoms with Gasteiger partial charge in [-0.25, -0.2) is 0 Å². The van der Waals surface area contributed by atoms with Gasteiger partial charge < -0.3 is 10.2 Å². The second-order valence-electron chi connectivity index (χ2n) is 3.79. The molecule has 18 heavy (non-hydrogen) atoms. The van der Waals surface area contributed by atoms with Crippen LogP contribution in [0.2, 0.25) is 0 Å². The van der Waals surface area contributed by atoms with E-state index >= 15 is 0 Å². The summed E-state index contributed by atoms with van der Waals surface area (Å²) in [4.78, 5) is 0. The second kappa shape index (κ2) is 5.53. The summed E-state index contributed by atoms with van der Waals surface area (Å²) < 4.78 is 0. The van der Waals surface area contributed by atoms with Gasteiger partial charge in [-0.1, -0.05) is 60.7 Å². The van der Waals surface area contributed by atoms with Crippen LogP contribution in [0, 0.1) is 0 Å². The lowest BCUT2D eigenvalue weighted by molar-refractivity contribution is 0.0783. The number of aliphatic hydroxyl groups is 2. The molecule has 0 fully saturated rings. The number of hydrogen-bond acceptors (Lipinski definition) is 4. The third-order valence-electron chi connectivity index (χ3n) is 2.63. The van der Waals surface area contributed by atoms with Gasteiger partial charge in [0.2, 0.25) is 5.72 Å². The highest BCUT2D eigenvalue weighted by atomic mass is 16.3. The van der Waals surface area contributed by atoms with Crippen molar-refractivity contribution in [1.29, 1.82) is 0 Å². The molecule has 0 aromatic heterocycles. The van der Waals surface area contributed by atoms with Gasteiger partial charge in [0.25, 0.3) is 0 Å². The Hall–Kier alpha value is -2.04. The molecule has 0 radical (unpaired) electrons.